The first-order valence-electron chi connectivity index (χ1n) is 4.69. The molecule has 0 aromatic heterocycles. The van der Waals surface area contributed by atoms with Crippen LogP contribution in [-0.2, 0) is 9.59 Å². The molecule has 78 valence electrons. The van der Waals surface area contributed by atoms with Gasteiger partial charge in [-0.05, 0) is 13.8 Å². The lowest BCUT2D eigenvalue weighted by Crippen LogP contribution is -2.37. The van der Waals surface area contributed by atoms with Crippen molar-refractivity contribution in [1.82, 2.24) is 10.2 Å². The summed E-state index contributed by atoms with van der Waals surface area (Å²) in [4.78, 5) is 23.7. The molecule has 0 aliphatic carbocycles. The molecule has 1 rings (SSSR count). The first-order chi connectivity index (χ1) is 6.52. The number of amides is 2. The maximum atomic E-state index is 11.4. The second-order valence-corrected chi connectivity index (χ2v) is 3.74. The zero-order chi connectivity index (χ0) is 10.7. The van der Waals surface area contributed by atoms with E-state index in [1.807, 2.05) is 19.9 Å². The predicted molar refractivity (Wildman–Crippen MR) is 53.6 cm³/mol. The van der Waals surface area contributed by atoms with E-state index >= 15 is 0 Å². The lowest BCUT2D eigenvalue weighted by atomic mass is 10.2. The quantitative estimate of drug-likeness (QED) is 0.521. The molecule has 14 heavy (non-hydrogen) atoms. The molecular formula is C10H16N2O2. The molecule has 0 bridgehead atoms. The van der Waals surface area contributed by atoms with Gasteiger partial charge in [0.15, 0.2) is 0 Å². The van der Waals surface area contributed by atoms with Crippen LogP contribution in [0.2, 0.25) is 0 Å². The van der Waals surface area contributed by atoms with Crippen molar-refractivity contribution in [2.75, 3.05) is 13.6 Å². The van der Waals surface area contributed by atoms with Crippen LogP contribution in [-0.4, -0.2) is 36.3 Å². The van der Waals surface area contributed by atoms with Crippen molar-refractivity contribution in [3.05, 3.63) is 11.6 Å². The van der Waals surface area contributed by atoms with Gasteiger partial charge in [0.1, 0.15) is 0 Å². The summed E-state index contributed by atoms with van der Waals surface area (Å²) >= 11 is 0. The Morgan fingerprint density at radius 3 is 2.64 bits per heavy atom. The van der Waals surface area contributed by atoms with E-state index in [1.54, 1.807) is 0 Å². The number of nitrogens with one attached hydrogen (secondary N) is 1. The summed E-state index contributed by atoms with van der Waals surface area (Å²) in [5, 5.41) is 3.04. The van der Waals surface area contributed by atoms with E-state index in [0.29, 0.717) is 6.54 Å². The summed E-state index contributed by atoms with van der Waals surface area (Å²) in [6.45, 7) is 4.63. The third-order valence-electron chi connectivity index (χ3n) is 2.26. The Labute approximate surface area is 84.0 Å². The second kappa shape index (κ2) is 4.37. The lowest BCUT2D eigenvalue weighted by Gasteiger charge is -2.09. The number of hydrogen-bond acceptors (Lipinski definition) is 3. The van der Waals surface area contributed by atoms with E-state index in [2.05, 4.69) is 5.32 Å². The highest BCUT2D eigenvalue weighted by molar-refractivity contribution is 6.05. The average molecular weight is 196 g/mol. The molecule has 4 heteroatoms. The van der Waals surface area contributed by atoms with Crippen molar-refractivity contribution in [3.63, 3.8) is 0 Å². The van der Waals surface area contributed by atoms with Gasteiger partial charge >= 0.3 is 0 Å². The molecule has 0 radical (unpaired) electrons. The van der Waals surface area contributed by atoms with Crippen molar-refractivity contribution in [2.45, 2.75) is 26.3 Å². The number of nitrogens with zero attached hydrogens (tertiary/aromatic N) is 1. The van der Waals surface area contributed by atoms with Crippen LogP contribution in [0.1, 0.15) is 20.3 Å². The van der Waals surface area contributed by atoms with Crippen LogP contribution in [0.15, 0.2) is 11.6 Å². The highest BCUT2D eigenvalue weighted by atomic mass is 16.2. The zero-order valence-corrected chi connectivity index (χ0v) is 8.83. The van der Waals surface area contributed by atoms with Gasteiger partial charge in [-0.1, -0.05) is 11.6 Å². The van der Waals surface area contributed by atoms with Gasteiger partial charge in [-0.3, -0.25) is 14.5 Å². The third-order valence-corrected chi connectivity index (χ3v) is 2.26. The van der Waals surface area contributed by atoms with E-state index in [4.69, 9.17) is 0 Å². The van der Waals surface area contributed by atoms with E-state index in [1.165, 1.54) is 17.5 Å². The second-order valence-electron chi connectivity index (χ2n) is 3.74. The van der Waals surface area contributed by atoms with Crippen LogP contribution in [0.25, 0.3) is 0 Å². The molecule has 1 unspecified atom stereocenters. The summed E-state index contributed by atoms with van der Waals surface area (Å²) in [7, 11) is 1.52. The smallest absolute Gasteiger partial charge is 0.246 e. The maximum Gasteiger partial charge on any atom is 0.246 e. The average Bonchev–Trinajstić information content (AvgIpc) is 2.33. The van der Waals surface area contributed by atoms with Crippen LogP contribution < -0.4 is 5.32 Å². The Bertz CT molecular complexity index is 280. The van der Waals surface area contributed by atoms with Gasteiger partial charge in [-0.15, -0.1) is 0 Å². The fourth-order valence-electron chi connectivity index (χ4n) is 1.32. The fourth-order valence-corrected chi connectivity index (χ4v) is 1.32. The minimum atomic E-state index is -0.330. The molecule has 1 N–H and O–H groups in total. The Balaban J connectivity index is 2.44. The third kappa shape index (κ3) is 2.42. The van der Waals surface area contributed by atoms with Crippen LogP contribution in [0.4, 0.5) is 0 Å². The normalized spacial score (nSPS) is 21.6. The standard InChI is InChI=1S/C10H16N2O2/c1-7(2)4-5-11-8-6-9(13)12(3)10(8)14/h4,8,11H,5-6H2,1-3H3. The van der Waals surface area contributed by atoms with E-state index in [9.17, 15) is 9.59 Å². The van der Waals surface area contributed by atoms with Gasteiger partial charge in [-0.2, -0.15) is 0 Å². The summed E-state index contributed by atoms with van der Waals surface area (Å²) in [5.74, 6) is -0.234. The molecule has 2 amide bonds. The van der Waals surface area contributed by atoms with Gasteiger partial charge in [0.2, 0.25) is 11.8 Å². The van der Waals surface area contributed by atoms with Gasteiger partial charge in [0.25, 0.3) is 0 Å². The molecule has 0 saturated carbocycles. The number of allylic oxidation sites excluding steroid dienone is 1. The molecule has 1 fully saturated rings. The van der Waals surface area contributed by atoms with Crippen LogP contribution in [0.5, 0.6) is 0 Å². The summed E-state index contributed by atoms with van der Waals surface area (Å²) in [5.41, 5.74) is 1.20. The molecule has 1 saturated heterocycles. The van der Waals surface area contributed by atoms with Gasteiger partial charge < -0.3 is 5.32 Å². The maximum absolute atomic E-state index is 11.4. The minimum absolute atomic E-state index is 0.107. The molecule has 1 heterocycles. The summed E-state index contributed by atoms with van der Waals surface area (Å²) < 4.78 is 0. The van der Waals surface area contributed by atoms with Crippen molar-refractivity contribution in [3.8, 4) is 0 Å². The van der Waals surface area contributed by atoms with Gasteiger partial charge in [-0.25, -0.2) is 0 Å². The SMILES string of the molecule is CC(C)=CCNC1CC(=O)N(C)C1=O. The number of hydrogen-bond donors (Lipinski definition) is 1. The fraction of sp³-hybridized carbons (Fsp3) is 0.600. The zero-order valence-electron chi connectivity index (χ0n) is 8.83. The lowest BCUT2D eigenvalue weighted by molar-refractivity contribution is -0.137. The van der Waals surface area contributed by atoms with Gasteiger partial charge in [0, 0.05) is 13.6 Å². The van der Waals surface area contributed by atoms with Crippen LogP contribution in [0.3, 0.4) is 0 Å². The monoisotopic (exact) mass is 196 g/mol. The Hall–Kier alpha value is -1.16. The van der Waals surface area contributed by atoms with Crippen molar-refractivity contribution < 1.29 is 9.59 Å². The number of likely N-dealkylation sites (tertiary alicyclic amines) is 1. The van der Waals surface area contributed by atoms with Crippen LogP contribution in [0, 0.1) is 0 Å². The molecule has 0 aromatic rings. The molecular weight excluding hydrogens is 180 g/mol. The van der Waals surface area contributed by atoms with E-state index < -0.39 is 0 Å². The Morgan fingerprint density at radius 1 is 1.57 bits per heavy atom. The molecule has 0 aromatic carbocycles. The number of rotatable bonds is 3. The first-order valence-corrected chi connectivity index (χ1v) is 4.69. The molecule has 4 nitrogen and oxygen atoms in total. The summed E-state index contributed by atoms with van der Waals surface area (Å²) in [6.07, 6.45) is 2.28. The largest absolute Gasteiger partial charge is 0.302 e. The predicted octanol–water partition coefficient (Wildman–Crippen LogP) is 0.299. The molecule has 0 spiro atoms. The van der Waals surface area contributed by atoms with E-state index in [0.717, 1.165) is 0 Å². The van der Waals surface area contributed by atoms with Crippen molar-refractivity contribution in [1.29, 1.82) is 0 Å². The van der Waals surface area contributed by atoms with Crippen molar-refractivity contribution in [2.24, 2.45) is 0 Å². The molecule has 1 aliphatic heterocycles. The molecule has 1 aliphatic rings. The number of carbonyl (C=O) groups is 2. The van der Waals surface area contributed by atoms with Crippen LogP contribution >= 0.6 is 0 Å². The number of carbonyl (C=O) groups excluding carboxylic acids is 2. The molecule has 1 atom stereocenters. The Kier molecular flexibility index (Phi) is 3.41. The topological polar surface area (TPSA) is 49.4 Å². The highest BCUT2D eigenvalue weighted by Crippen LogP contribution is 2.09. The van der Waals surface area contributed by atoms with Crippen molar-refractivity contribution >= 4 is 11.8 Å². The minimum Gasteiger partial charge on any atom is -0.302 e. The summed E-state index contributed by atoms with van der Waals surface area (Å²) in [6, 6.07) is -0.330. The number of imide groups is 1. The van der Waals surface area contributed by atoms with Gasteiger partial charge in [0.05, 0.1) is 12.5 Å². The van der Waals surface area contributed by atoms with E-state index in [-0.39, 0.29) is 24.3 Å². The highest BCUT2D eigenvalue weighted by Gasteiger charge is 2.35. The Morgan fingerprint density at radius 2 is 2.21 bits per heavy atom. The number of likely N-dealkylation sites (N-methyl/N-ethyl adjacent to an activating group) is 1. The first kappa shape index (κ1) is 10.9.